The Morgan fingerprint density at radius 3 is 2.65 bits per heavy atom. The molecule has 0 spiro atoms. The number of hydrogen-bond acceptors (Lipinski definition) is 9. The van der Waals surface area contributed by atoms with Crippen LogP contribution in [0, 0.1) is 0 Å². The summed E-state index contributed by atoms with van der Waals surface area (Å²) < 4.78 is 12.2. The Kier molecular flexibility index (Phi) is 10.0. The molecule has 0 saturated heterocycles. The van der Waals surface area contributed by atoms with Crippen molar-refractivity contribution in [1.29, 1.82) is 0 Å². The molecule has 0 unspecified atom stereocenters. The van der Waals surface area contributed by atoms with Gasteiger partial charge in [-0.15, -0.1) is 21.5 Å². The molecule has 2 aromatic carbocycles. The van der Waals surface area contributed by atoms with E-state index in [0.29, 0.717) is 32.3 Å². The van der Waals surface area contributed by atoms with Gasteiger partial charge in [0.15, 0.2) is 11.0 Å². The Balaban J connectivity index is 1.28. The first-order valence-corrected chi connectivity index (χ1v) is 15.9. The van der Waals surface area contributed by atoms with Gasteiger partial charge in [0.25, 0.3) is 0 Å². The second kappa shape index (κ2) is 14.1. The number of methoxy groups -OCH3 is 1. The van der Waals surface area contributed by atoms with Gasteiger partial charge in [-0.2, -0.15) is 0 Å². The van der Waals surface area contributed by atoms with Crippen LogP contribution in [0.4, 0.5) is 5.00 Å². The average molecular weight is 640 g/mol. The van der Waals surface area contributed by atoms with Crippen molar-refractivity contribution in [2.45, 2.75) is 44.3 Å². The Hall–Kier alpha value is -3.87. The van der Waals surface area contributed by atoms with Crippen LogP contribution in [0.3, 0.4) is 0 Å². The first-order chi connectivity index (χ1) is 20.9. The van der Waals surface area contributed by atoms with Gasteiger partial charge >= 0.3 is 5.97 Å². The summed E-state index contributed by atoms with van der Waals surface area (Å²) in [5, 5.41) is 15.9. The van der Waals surface area contributed by atoms with Crippen LogP contribution in [0.1, 0.15) is 45.5 Å². The molecule has 2 heterocycles. The quantitative estimate of drug-likeness (QED) is 0.159. The van der Waals surface area contributed by atoms with Gasteiger partial charge in [0, 0.05) is 9.90 Å². The molecule has 0 aliphatic heterocycles. The molecule has 1 aliphatic carbocycles. The number of nitrogens with zero attached hydrogens (tertiary/aromatic N) is 3. The van der Waals surface area contributed by atoms with Gasteiger partial charge < -0.3 is 20.1 Å². The van der Waals surface area contributed by atoms with E-state index in [1.165, 1.54) is 23.1 Å². The Morgan fingerprint density at radius 1 is 1.09 bits per heavy atom. The van der Waals surface area contributed by atoms with Gasteiger partial charge in [-0.1, -0.05) is 41.6 Å². The van der Waals surface area contributed by atoms with E-state index < -0.39 is 5.97 Å². The Morgan fingerprint density at radius 2 is 1.91 bits per heavy atom. The molecule has 0 bridgehead atoms. The highest BCUT2D eigenvalue weighted by Gasteiger charge is 2.28. The third kappa shape index (κ3) is 7.38. The second-order valence-electron chi connectivity index (χ2n) is 9.63. The molecule has 10 nitrogen and oxygen atoms in total. The summed E-state index contributed by atoms with van der Waals surface area (Å²) in [5.41, 5.74) is 2.98. The number of aromatic nitrogens is 3. The number of carbonyl (C=O) groups is 3. The minimum absolute atomic E-state index is 0.0212. The fraction of sp³-hybridized carbons (Fsp3) is 0.300. The van der Waals surface area contributed by atoms with Gasteiger partial charge in [0.2, 0.25) is 11.8 Å². The van der Waals surface area contributed by atoms with Crippen LogP contribution < -0.4 is 15.4 Å². The van der Waals surface area contributed by atoms with Crippen LogP contribution in [0.15, 0.2) is 53.7 Å². The third-order valence-electron chi connectivity index (χ3n) is 6.72. The fourth-order valence-electron chi connectivity index (χ4n) is 4.76. The number of aryl methyl sites for hydroxylation is 1. The van der Waals surface area contributed by atoms with E-state index in [1.807, 2.05) is 18.2 Å². The van der Waals surface area contributed by atoms with E-state index in [0.717, 1.165) is 41.0 Å². The molecule has 2 N–H and O–H groups in total. The zero-order valence-corrected chi connectivity index (χ0v) is 26.0. The number of nitrogens with one attached hydrogen (secondary N) is 2. The number of thiophene rings is 1. The van der Waals surface area contributed by atoms with E-state index in [4.69, 9.17) is 21.1 Å². The van der Waals surface area contributed by atoms with Crippen molar-refractivity contribution in [3.8, 4) is 11.4 Å². The standard InChI is InChI=1S/C30H30ClN5O5S2/c1-3-41-29(39)27-22-8-5-9-23(22)43-28(27)33-26(38)17-42-30-35-34-24(36(30)20-7-4-6-19(31)15-20)16-32-25(37)14-18-10-12-21(40-2)13-11-18/h4,6-7,10-13,15H,3,5,8-9,14,16-17H2,1-2H3,(H,32,37)(H,33,38). The lowest BCUT2D eigenvalue weighted by Gasteiger charge is -2.12. The zero-order valence-electron chi connectivity index (χ0n) is 23.6. The van der Waals surface area contributed by atoms with Crippen molar-refractivity contribution < 1.29 is 23.9 Å². The first kappa shape index (κ1) is 30.6. The number of carbonyl (C=O) groups excluding carboxylic acids is 3. The van der Waals surface area contributed by atoms with E-state index in [2.05, 4.69) is 20.8 Å². The number of benzene rings is 2. The van der Waals surface area contributed by atoms with E-state index in [-0.39, 0.29) is 37.1 Å². The molecule has 0 radical (unpaired) electrons. The van der Waals surface area contributed by atoms with Crippen molar-refractivity contribution in [2.75, 3.05) is 24.8 Å². The molecule has 1 aliphatic rings. The highest BCUT2D eigenvalue weighted by Crippen LogP contribution is 2.39. The number of ether oxygens (including phenoxy) is 2. The summed E-state index contributed by atoms with van der Waals surface area (Å²) in [6.45, 7) is 2.14. The highest BCUT2D eigenvalue weighted by atomic mass is 35.5. The minimum Gasteiger partial charge on any atom is -0.497 e. The van der Waals surface area contributed by atoms with Crippen molar-refractivity contribution in [2.24, 2.45) is 0 Å². The summed E-state index contributed by atoms with van der Waals surface area (Å²) in [5.74, 6) is 0.339. The van der Waals surface area contributed by atoms with Gasteiger partial charge in [-0.05, 0) is 67.6 Å². The summed E-state index contributed by atoms with van der Waals surface area (Å²) in [6.07, 6.45) is 2.87. The molecule has 2 amide bonds. The second-order valence-corrected chi connectivity index (χ2v) is 12.1. The Bertz CT molecular complexity index is 1640. The number of esters is 1. The van der Waals surface area contributed by atoms with E-state index in [1.54, 1.807) is 48.9 Å². The van der Waals surface area contributed by atoms with Crippen molar-refractivity contribution in [3.63, 3.8) is 0 Å². The van der Waals surface area contributed by atoms with E-state index >= 15 is 0 Å². The molecule has 2 aromatic heterocycles. The van der Waals surface area contributed by atoms with Gasteiger partial charge in [-0.25, -0.2) is 4.79 Å². The van der Waals surface area contributed by atoms with Crippen molar-refractivity contribution in [1.82, 2.24) is 20.1 Å². The predicted molar refractivity (Wildman–Crippen MR) is 167 cm³/mol. The molecule has 13 heteroatoms. The van der Waals surface area contributed by atoms with Crippen LogP contribution in [-0.2, 0) is 40.1 Å². The lowest BCUT2D eigenvalue weighted by molar-refractivity contribution is -0.120. The highest BCUT2D eigenvalue weighted by molar-refractivity contribution is 7.99. The first-order valence-electron chi connectivity index (χ1n) is 13.7. The molecule has 0 fully saturated rings. The third-order valence-corrected chi connectivity index (χ3v) is 9.09. The normalized spacial score (nSPS) is 12.1. The molecule has 0 saturated carbocycles. The lowest BCUT2D eigenvalue weighted by atomic mass is 10.1. The molecule has 5 rings (SSSR count). The predicted octanol–water partition coefficient (Wildman–Crippen LogP) is 5.25. The largest absolute Gasteiger partial charge is 0.497 e. The number of hydrogen-bond donors (Lipinski definition) is 2. The van der Waals surface area contributed by atoms with Gasteiger partial charge in [0.05, 0.1) is 43.7 Å². The molecular formula is C30H30ClN5O5S2. The van der Waals surface area contributed by atoms with Crippen LogP contribution in [0.5, 0.6) is 5.75 Å². The SMILES string of the molecule is CCOC(=O)c1c(NC(=O)CSc2nnc(CNC(=O)Cc3ccc(OC)cc3)n2-c2cccc(Cl)c2)sc2c1CCC2. The monoisotopic (exact) mass is 639 g/mol. The van der Waals surface area contributed by atoms with E-state index in [9.17, 15) is 14.4 Å². The molecule has 224 valence electrons. The topological polar surface area (TPSA) is 124 Å². The van der Waals surface area contributed by atoms with Crippen LogP contribution in [0.2, 0.25) is 5.02 Å². The average Bonchev–Trinajstić information content (AvgIpc) is 3.70. The smallest absolute Gasteiger partial charge is 0.341 e. The molecule has 43 heavy (non-hydrogen) atoms. The van der Waals surface area contributed by atoms with Crippen LogP contribution in [0.25, 0.3) is 5.69 Å². The molecule has 0 atom stereocenters. The number of anilines is 1. The number of halogens is 1. The van der Waals surface area contributed by atoms with Crippen molar-refractivity contribution in [3.05, 3.63) is 80.9 Å². The zero-order chi connectivity index (χ0) is 30.3. The summed E-state index contributed by atoms with van der Waals surface area (Å²) in [4.78, 5) is 39.6. The van der Waals surface area contributed by atoms with Crippen LogP contribution in [-0.4, -0.2) is 52.0 Å². The maximum Gasteiger partial charge on any atom is 0.341 e. The fourth-order valence-corrected chi connectivity index (χ4v) is 7.01. The lowest BCUT2D eigenvalue weighted by Crippen LogP contribution is -2.26. The number of amides is 2. The van der Waals surface area contributed by atoms with Gasteiger partial charge in [-0.3, -0.25) is 14.2 Å². The maximum atomic E-state index is 13.1. The summed E-state index contributed by atoms with van der Waals surface area (Å²) in [7, 11) is 1.59. The molecular weight excluding hydrogens is 610 g/mol. The minimum atomic E-state index is -0.413. The number of thioether (sulfide) groups is 1. The number of fused-ring (bicyclic) bond motifs is 1. The maximum absolute atomic E-state index is 13.1. The molecule has 4 aromatic rings. The van der Waals surface area contributed by atoms with Crippen LogP contribution >= 0.6 is 34.7 Å². The van der Waals surface area contributed by atoms with Crippen molar-refractivity contribution >= 4 is 57.5 Å². The number of rotatable bonds is 12. The summed E-state index contributed by atoms with van der Waals surface area (Å²) in [6, 6.07) is 14.5. The van der Waals surface area contributed by atoms with Gasteiger partial charge in [0.1, 0.15) is 10.8 Å². The Labute approximate surface area is 262 Å². The summed E-state index contributed by atoms with van der Waals surface area (Å²) >= 11 is 8.90.